The largest absolute Gasteiger partial charge is 0.496 e. The van der Waals surface area contributed by atoms with Crippen molar-refractivity contribution in [3.8, 4) is 5.75 Å². The summed E-state index contributed by atoms with van der Waals surface area (Å²) in [6.07, 6.45) is 5.15. The number of allylic oxidation sites excluding steroid dienone is 1. The summed E-state index contributed by atoms with van der Waals surface area (Å²) in [5.41, 5.74) is 4.41. The third-order valence-electron chi connectivity index (χ3n) is 3.37. The van der Waals surface area contributed by atoms with E-state index >= 15 is 0 Å². The van der Waals surface area contributed by atoms with E-state index in [0.29, 0.717) is 0 Å². The molecular formula is C19H17N3O2S2. The van der Waals surface area contributed by atoms with Crippen LogP contribution in [0.3, 0.4) is 0 Å². The predicted octanol–water partition coefficient (Wildman–Crippen LogP) is 4.21. The molecule has 1 amide bonds. The van der Waals surface area contributed by atoms with Crippen LogP contribution in [-0.4, -0.2) is 30.0 Å². The Morgan fingerprint density at radius 1 is 1.27 bits per heavy atom. The number of thiazole rings is 1. The predicted molar refractivity (Wildman–Crippen MR) is 109 cm³/mol. The lowest BCUT2D eigenvalue weighted by atomic mass is 10.2. The molecule has 0 atom stereocenters. The molecule has 3 rings (SSSR count). The lowest BCUT2D eigenvalue weighted by Crippen LogP contribution is -2.19. The fourth-order valence-corrected chi connectivity index (χ4v) is 4.04. The first kappa shape index (κ1) is 18.2. The zero-order valence-electron chi connectivity index (χ0n) is 14.1. The van der Waals surface area contributed by atoms with Crippen LogP contribution in [0.4, 0.5) is 0 Å². The summed E-state index contributed by atoms with van der Waals surface area (Å²) in [6.45, 7) is 0. The molecule has 0 spiro atoms. The Bertz CT molecular complexity index is 918. The van der Waals surface area contributed by atoms with Crippen molar-refractivity contribution in [3.05, 3.63) is 60.2 Å². The van der Waals surface area contributed by atoms with Crippen LogP contribution in [0, 0.1) is 0 Å². The first-order valence-electron chi connectivity index (χ1n) is 7.86. The van der Waals surface area contributed by atoms with Gasteiger partial charge in [-0.1, -0.05) is 42.1 Å². The van der Waals surface area contributed by atoms with E-state index in [4.69, 9.17) is 4.74 Å². The van der Waals surface area contributed by atoms with Crippen molar-refractivity contribution in [3.63, 3.8) is 0 Å². The van der Waals surface area contributed by atoms with Gasteiger partial charge in [0.1, 0.15) is 5.75 Å². The van der Waals surface area contributed by atoms with Crippen LogP contribution in [0.1, 0.15) is 5.56 Å². The maximum atomic E-state index is 11.9. The highest BCUT2D eigenvalue weighted by atomic mass is 32.2. The SMILES string of the molecule is COc1ccccc1/C=C/C=N/NC(=O)CSc1nc2ccccc2s1. The number of methoxy groups -OCH3 is 1. The molecule has 1 aromatic heterocycles. The van der Waals surface area contributed by atoms with Gasteiger partial charge in [0.2, 0.25) is 0 Å². The summed E-state index contributed by atoms with van der Waals surface area (Å²) in [6, 6.07) is 15.6. The standard InChI is InChI=1S/C19H17N3O2S2/c1-24-16-10-4-2-7-14(16)8-6-12-20-22-18(23)13-25-19-21-15-9-3-5-11-17(15)26-19/h2-12H,13H2,1H3,(H,22,23)/b8-6+,20-12+. The highest BCUT2D eigenvalue weighted by Gasteiger charge is 2.06. The molecule has 132 valence electrons. The van der Waals surface area contributed by atoms with Crippen molar-refractivity contribution >= 4 is 51.5 Å². The topological polar surface area (TPSA) is 63.6 Å². The maximum Gasteiger partial charge on any atom is 0.250 e. The molecule has 0 saturated heterocycles. The van der Waals surface area contributed by atoms with E-state index in [1.165, 1.54) is 18.0 Å². The van der Waals surface area contributed by atoms with Gasteiger partial charge in [0.05, 0.1) is 23.1 Å². The molecule has 0 fully saturated rings. The van der Waals surface area contributed by atoms with E-state index in [0.717, 1.165) is 25.9 Å². The second-order valence-electron chi connectivity index (χ2n) is 5.15. The molecule has 0 aliphatic heterocycles. The Hall–Kier alpha value is -2.64. The fraction of sp³-hybridized carbons (Fsp3) is 0.105. The summed E-state index contributed by atoms with van der Waals surface area (Å²) in [4.78, 5) is 16.3. The smallest absolute Gasteiger partial charge is 0.250 e. The van der Waals surface area contributed by atoms with Crippen LogP contribution < -0.4 is 10.2 Å². The number of thioether (sulfide) groups is 1. The minimum absolute atomic E-state index is 0.170. The van der Waals surface area contributed by atoms with Crippen molar-refractivity contribution < 1.29 is 9.53 Å². The molecule has 0 bridgehead atoms. The summed E-state index contributed by atoms with van der Waals surface area (Å²) in [7, 11) is 1.63. The average Bonchev–Trinajstić information content (AvgIpc) is 3.09. The average molecular weight is 383 g/mol. The molecule has 0 aliphatic carbocycles. The number of hydrogen-bond donors (Lipinski definition) is 1. The van der Waals surface area contributed by atoms with Crippen LogP contribution >= 0.6 is 23.1 Å². The number of carbonyl (C=O) groups is 1. The molecule has 1 heterocycles. The van der Waals surface area contributed by atoms with E-state index in [1.807, 2.05) is 54.6 Å². The van der Waals surface area contributed by atoms with Gasteiger partial charge in [-0.15, -0.1) is 11.3 Å². The Kier molecular flexibility index (Phi) is 6.40. The highest BCUT2D eigenvalue weighted by molar-refractivity contribution is 8.01. The van der Waals surface area contributed by atoms with Crippen LogP contribution in [0.25, 0.3) is 16.3 Å². The van der Waals surface area contributed by atoms with Crippen molar-refractivity contribution in [1.29, 1.82) is 0 Å². The number of benzene rings is 2. The molecule has 2 aromatic carbocycles. The van der Waals surface area contributed by atoms with Gasteiger partial charge in [0.15, 0.2) is 4.34 Å². The van der Waals surface area contributed by atoms with Gasteiger partial charge in [-0.05, 0) is 30.4 Å². The lowest BCUT2D eigenvalue weighted by Gasteiger charge is -2.02. The molecule has 1 N–H and O–H groups in total. The van der Waals surface area contributed by atoms with Crippen LogP contribution in [0.15, 0.2) is 64.0 Å². The number of hydrazone groups is 1. The van der Waals surface area contributed by atoms with Gasteiger partial charge in [-0.3, -0.25) is 4.79 Å². The quantitative estimate of drug-likeness (QED) is 0.377. The highest BCUT2D eigenvalue weighted by Crippen LogP contribution is 2.28. The molecule has 0 saturated carbocycles. The van der Waals surface area contributed by atoms with Gasteiger partial charge in [0, 0.05) is 11.8 Å². The first-order valence-corrected chi connectivity index (χ1v) is 9.66. The molecule has 7 heteroatoms. The Labute approximate surface area is 159 Å². The number of ether oxygens (including phenoxy) is 1. The van der Waals surface area contributed by atoms with Gasteiger partial charge in [0.25, 0.3) is 5.91 Å². The van der Waals surface area contributed by atoms with Crippen molar-refractivity contribution in [2.75, 3.05) is 12.9 Å². The number of para-hydroxylation sites is 2. The van der Waals surface area contributed by atoms with E-state index in [9.17, 15) is 4.79 Å². The Balaban J connectivity index is 1.46. The third kappa shape index (κ3) is 4.93. The number of amides is 1. The summed E-state index contributed by atoms with van der Waals surface area (Å²) >= 11 is 2.99. The van der Waals surface area contributed by atoms with Gasteiger partial charge in [-0.25, -0.2) is 10.4 Å². The number of aromatic nitrogens is 1. The zero-order chi connectivity index (χ0) is 18.2. The number of hydrogen-bond acceptors (Lipinski definition) is 6. The number of nitrogens with zero attached hydrogens (tertiary/aromatic N) is 2. The normalized spacial score (nSPS) is 11.4. The van der Waals surface area contributed by atoms with E-state index in [1.54, 1.807) is 24.5 Å². The first-order chi connectivity index (χ1) is 12.8. The second kappa shape index (κ2) is 9.17. The molecule has 3 aromatic rings. The molecule has 0 aliphatic rings. The monoisotopic (exact) mass is 383 g/mol. The van der Waals surface area contributed by atoms with Crippen LogP contribution in [-0.2, 0) is 4.79 Å². The van der Waals surface area contributed by atoms with Crippen LogP contribution in [0.5, 0.6) is 5.75 Å². The molecular weight excluding hydrogens is 366 g/mol. The van der Waals surface area contributed by atoms with Crippen molar-refractivity contribution in [2.24, 2.45) is 5.10 Å². The van der Waals surface area contributed by atoms with Crippen molar-refractivity contribution in [1.82, 2.24) is 10.4 Å². The van der Waals surface area contributed by atoms with Crippen molar-refractivity contribution in [2.45, 2.75) is 4.34 Å². The Morgan fingerprint density at radius 3 is 2.92 bits per heavy atom. The maximum absolute atomic E-state index is 11.9. The number of rotatable bonds is 7. The van der Waals surface area contributed by atoms with E-state index < -0.39 is 0 Å². The minimum atomic E-state index is -0.170. The van der Waals surface area contributed by atoms with E-state index in [-0.39, 0.29) is 11.7 Å². The zero-order valence-corrected chi connectivity index (χ0v) is 15.7. The van der Waals surface area contributed by atoms with E-state index in [2.05, 4.69) is 15.5 Å². The third-order valence-corrected chi connectivity index (χ3v) is 5.54. The second-order valence-corrected chi connectivity index (χ2v) is 7.40. The number of carbonyl (C=O) groups excluding carboxylic acids is 1. The minimum Gasteiger partial charge on any atom is -0.496 e. The Morgan fingerprint density at radius 2 is 2.08 bits per heavy atom. The van der Waals surface area contributed by atoms with Gasteiger partial charge < -0.3 is 4.74 Å². The molecule has 5 nitrogen and oxygen atoms in total. The fourth-order valence-electron chi connectivity index (χ4n) is 2.18. The summed E-state index contributed by atoms with van der Waals surface area (Å²) in [5.74, 6) is 0.887. The molecule has 0 radical (unpaired) electrons. The molecule has 0 unspecified atom stereocenters. The van der Waals surface area contributed by atoms with Gasteiger partial charge in [-0.2, -0.15) is 5.10 Å². The van der Waals surface area contributed by atoms with Gasteiger partial charge >= 0.3 is 0 Å². The summed E-state index contributed by atoms with van der Waals surface area (Å²) < 4.78 is 7.26. The summed E-state index contributed by atoms with van der Waals surface area (Å²) in [5, 5.41) is 3.91. The molecule has 26 heavy (non-hydrogen) atoms. The number of fused-ring (bicyclic) bond motifs is 1. The van der Waals surface area contributed by atoms with Crippen LogP contribution in [0.2, 0.25) is 0 Å². The lowest BCUT2D eigenvalue weighted by molar-refractivity contribution is -0.118. The number of nitrogens with one attached hydrogen (secondary N) is 1.